The predicted octanol–water partition coefficient (Wildman–Crippen LogP) is 3.43. The van der Waals surface area contributed by atoms with Gasteiger partial charge >= 0.3 is 0 Å². The summed E-state index contributed by atoms with van der Waals surface area (Å²) in [6.45, 7) is 2.50. The first-order chi connectivity index (χ1) is 8.69. The molecule has 2 aromatic rings. The molecule has 0 radical (unpaired) electrons. The van der Waals surface area contributed by atoms with Crippen molar-refractivity contribution in [3.8, 4) is 11.5 Å². The van der Waals surface area contributed by atoms with E-state index in [4.69, 9.17) is 10.5 Å². The van der Waals surface area contributed by atoms with Gasteiger partial charge < -0.3 is 10.5 Å². The van der Waals surface area contributed by atoms with E-state index >= 15 is 0 Å². The second-order valence-corrected chi connectivity index (χ2v) is 4.22. The normalized spacial score (nSPS) is 10.4. The average Bonchev–Trinajstić information content (AvgIpc) is 2.36. The van der Waals surface area contributed by atoms with Gasteiger partial charge in [0.15, 0.2) is 11.6 Å². The molecular formula is C15H16FNO. The van der Waals surface area contributed by atoms with Crippen LogP contribution in [0, 0.1) is 12.7 Å². The van der Waals surface area contributed by atoms with Crippen LogP contribution in [-0.2, 0) is 6.42 Å². The monoisotopic (exact) mass is 245 g/mol. The first-order valence-corrected chi connectivity index (χ1v) is 5.92. The van der Waals surface area contributed by atoms with Gasteiger partial charge in [-0.1, -0.05) is 23.8 Å². The first-order valence-electron chi connectivity index (χ1n) is 5.92. The molecule has 2 aromatic carbocycles. The molecule has 0 aliphatic rings. The molecule has 2 N–H and O–H groups in total. The number of aryl methyl sites for hydroxylation is 1. The summed E-state index contributed by atoms with van der Waals surface area (Å²) in [5.74, 6) is 0.507. The zero-order chi connectivity index (χ0) is 13.0. The van der Waals surface area contributed by atoms with Crippen molar-refractivity contribution in [2.45, 2.75) is 13.3 Å². The third-order valence-corrected chi connectivity index (χ3v) is 2.68. The van der Waals surface area contributed by atoms with Crippen molar-refractivity contribution in [2.24, 2.45) is 5.73 Å². The molecule has 0 heterocycles. The van der Waals surface area contributed by atoms with Crippen LogP contribution in [0.4, 0.5) is 4.39 Å². The molecule has 0 aromatic heterocycles. The summed E-state index contributed by atoms with van der Waals surface area (Å²) in [5, 5.41) is 0. The minimum absolute atomic E-state index is 0.236. The molecule has 0 aliphatic carbocycles. The number of rotatable bonds is 4. The van der Waals surface area contributed by atoms with E-state index in [0.29, 0.717) is 18.7 Å². The first kappa shape index (κ1) is 12.6. The number of halogens is 1. The molecule has 18 heavy (non-hydrogen) atoms. The minimum atomic E-state index is -0.360. The summed E-state index contributed by atoms with van der Waals surface area (Å²) in [6, 6.07) is 12.4. The van der Waals surface area contributed by atoms with Crippen LogP contribution in [0.2, 0.25) is 0 Å². The Morgan fingerprint density at radius 3 is 2.44 bits per heavy atom. The summed E-state index contributed by atoms with van der Waals surface area (Å²) in [7, 11) is 0. The summed E-state index contributed by atoms with van der Waals surface area (Å²) in [4.78, 5) is 0. The van der Waals surface area contributed by atoms with Gasteiger partial charge in [0.05, 0.1) is 0 Å². The van der Waals surface area contributed by atoms with Crippen LogP contribution in [0.25, 0.3) is 0 Å². The second kappa shape index (κ2) is 5.65. The molecule has 2 rings (SSSR count). The largest absolute Gasteiger partial charge is 0.454 e. The maximum atomic E-state index is 13.8. The van der Waals surface area contributed by atoms with E-state index in [2.05, 4.69) is 0 Å². The van der Waals surface area contributed by atoms with Gasteiger partial charge in [-0.15, -0.1) is 0 Å². The van der Waals surface area contributed by atoms with E-state index in [0.717, 1.165) is 11.1 Å². The van der Waals surface area contributed by atoms with Crippen molar-refractivity contribution in [3.63, 3.8) is 0 Å². The molecule has 0 amide bonds. The van der Waals surface area contributed by atoms with Crippen LogP contribution in [-0.4, -0.2) is 6.54 Å². The van der Waals surface area contributed by atoms with Gasteiger partial charge in [0, 0.05) is 0 Å². The zero-order valence-electron chi connectivity index (χ0n) is 10.3. The summed E-state index contributed by atoms with van der Waals surface area (Å²) < 4.78 is 19.3. The average molecular weight is 245 g/mol. The SMILES string of the molecule is Cc1ccc(Oc2ccc(CCN)cc2F)cc1. The highest BCUT2D eigenvalue weighted by Gasteiger charge is 2.05. The summed E-state index contributed by atoms with van der Waals surface area (Å²) in [6.07, 6.45) is 0.668. The lowest BCUT2D eigenvalue weighted by Crippen LogP contribution is -2.03. The van der Waals surface area contributed by atoms with Crippen molar-refractivity contribution >= 4 is 0 Å². The number of benzene rings is 2. The van der Waals surface area contributed by atoms with Gasteiger partial charge in [0.25, 0.3) is 0 Å². The molecule has 0 saturated carbocycles. The van der Waals surface area contributed by atoms with Crippen molar-refractivity contribution in [1.82, 2.24) is 0 Å². The van der Waals surface area contributed by atoms with Crippen molar-refractivity contribution in [3.05, 3.63) is 59.4 Å². The number of hydrogen-bond donors (Lipinski definition) is 1. The Labute approximate surface area is 106 Å². The highest BCUT2D eigenvalue weighted by atomic mass is 19.1. The fourth-order valence-electron chi connectivity index (χ4n) is 1.68. The van der Waals surface area contributed by atoms with E-state index in [1.54, 1.807) is 6.07 Å². The zero-order valence-corrected chi connectivity index (χ0v) is 10.3. The van der Waals surface area contributed by atoms with Gasteiger partial charge in [0.2, 0.25) is 0 Å². The maximum absolute atomic E-state index is 13.8. The number of ether oxygens (including phenoxy) is 1. The Kier molecular flexibility index (Phi) is 3.95. The van der Waals surface area contributed by atoms with Gasteiger partial charge in [-0.05, 0) is 49.7 Å². The molecule has 0 fully saturated rings. The van der Waals surface area contributed by atoms with Crippen LogP contribution in [0.3, 0.4) is 0 Å². The van der Waals surface area contributed by atoms with Gasteiger partial charge in [0.1, 0.15) is 5.75 Å². The van der Waals surface area contributed by atoms with Crippen molar-refractivity contribution in [1.29, 1.82) is 0 Å². The Hall–Kier alpha value is -1.87. The van der Waals surface area contributed by atoms with E-state index in [1.165, 1.54) is 6.07 Å². The standard InChI is InChI=1S/C15H16FNO/c1-11-2-5-13(6-3-11)18-15-7-4-12(8-9-17)10-14(15)16/h2-7,10H,8-9,17H2,1H3. The highest BCUT2D eigenvalue weighted by molar-refractivity contribution is 5.35. The fourth-order valence-corrected chi connectivity index (χ4v) is 1.68. The predicted molar refractivity (Wildman–Crippen MR) is 70.4 cm³/mol. The van der Waals surface area contributed by atoms with Gasteiger partial charge in [-0.2, -0.15) is 0 Å². The third-order valence-electron chi connectivity index (χ3n) is 2.68. The van der Waals surface area contributed by atoms with Gasteiger partial charge in [-0.3, -0.25) is 0 Å². The Morgan fingerprint density at radius 1 is 1.11 bits per heavy atom. The fraction of sp³-hybridized carbons (Fsp3) is 0.200. The molecule has 0 atom stereocenters. The topological polar surface area (TPSA) is 35.2 Å². The van der Waals surface area contributed by atoms with E-state index < -0.39 is 0 Å². The quantitative estimate of drug-likeness (QED) is 0.895. The molecular weight excluding hydrogens is 229 g/mol. The van der Waals surface area contributed by atoms with E-state index in [-0.39, 0.29) is 11.6 Å². The van der Waals surface area contributed by atoms with Crippen LogP contribution in [0.5, 0.6) is 11.5 Å². The minimum Gasteiger partial charge on any atom is -0.454 e. The van der Waals surface area contributed by atoms with E-state index in [1.807, 2.05) is 37.3 Å². The van der Waals surface area contributed by atoms with Crippen molar-refractivity contribution < 1.29 is 9.13 Å². The van der Waals surface area contributed by atoms with Crippen LogP contribution in [0.1, 0.15) is 11.1 Å². The third kappa shape index (κ3) is 3.08. The Morgan fingerprint density at radius 2 is 1.83 bits per heavy atom. The van der Waals surface area contributed by atoms with Crippen LogP contribution >= 0.6 is 0 Å². The number of hydrogen-bond acceptors (Lipinski definition) is 2. The van der Waals surface area contributed by atoms with Crippen LogP contribution in [0.15, 0.2) is 42.5 Å². The van der Waals surface area contributed by atoms with Crippen LogP contribution < -0.4 is 10.5 Å². The summed E-state index contributed by atoms with van der Waals surface area (Å²) >= 11 is 0. The highest BCUT2D eigenvalue weighted by Crippen LogP contribution is 2.25. The summed E-state index contributed by atoms with van der Waals surface area (Å²) in [5.41, 5.74) is 7.45. The molecule has 3 heteroatoms. The van der Waals surface area contributed by atoms with Gasteiger partial charge in [-0.25, -0.2) is 4.39 Å². The van der Waals surface area contributed by atoms with Crippen molar-refractivity contribution in [2.75, 3.05) is 6.54 Å². The number of nitrogens with two attached hydrogens (primary N) is 1. The lowest BCUT2D eigenvalue weighted by atomic mass is 10.1. The molecule has 0 saturated heterocycles. The molecule has 2 nitrogen and oxygen atoms in total. The van der Waals surface area contributed by atoms with E-state index in [9.17, 15) is 4.39 Å². The molecule has 0 bridgehead atoms. The molecule has 94 valence electrons. The Bertz CT molecular complexity index is 523. The lowest BCUT2D eigenvalue weighted by Gasteiger charge is -2.08. The smallest absolute Gasteiger partial charge is 0.165 e. The Balaban J connectivity index is 2.16. The second-order valence-electron chi connectivity index (χ2n) is 4.22. The maximum Gasteiger partial charge on any atom is 0.165 e. The molecule has 0 spiro atoms. The lowest BCUT2D eigenvalue weighted by molar-refractivity contribution is 0.441. The molecule has 0 unspecified atom stereocenters. The molecule has 0 aliphatic heterocycles.